The van der Waals surface area contributed by atoms with Crippen LogP contribution >= 0.6 is 0 Å². The van der Waals surface area contributed by atoms with Crippen molar-refractivity contribution >= 4 is 82.3 Å². The Kier molecular flexibility index (Phi) is 16.5. The minimum absolute atomic E-state index is 0.134. The van der Waals surface area contributed by atoms with Gasteiger partial charge in [0.15, 0.2) is 0 Å². The van der Waals surface area contributed by atoms with Gasteiger partial charge < -0.3 is 47.4 Å². The average molecular weight is 1220 g/mol. The smallest absolute Gasteiger partial charge is 0.256 e. The second-order valence-electron chi connectivity index (χ2n) is 21.3. The summed E-state index contributed by atoms with van der Waals surface area (Å²) in [5.74, 6) is 1.12. The quantitative estimate of drug-likeness (QED) is 0.121. The monoisotopic (exact) mass is 1220 g/mol. The number of nitrogens with one attached hydrogen (secondary N) is 3. The highest BCUT2D eigenvalue weighted by Crippen LogP contribution is 2.43. The zero-order chi connectivity index (χ0) is 60.2. The number of sulfonamides is 3. The Morgan fingerprint density at radius 2 is 0.726 bits per heavy atom. The van der Waals surface area contributed by atoms with Gasteiger partial charge in [-0.3, -0.25) is 14.4 Å². The van der Waals surface area contributed by atoms with Crippen molar-refractivity contribution in [2.75, 3.05) is 113 Å². The van der Waals surface area contributed by atoms with Crippen molar-refractivity contribution in [1.29, 1.82) is 0 Å². The van der Waals surface area contributed by atoms with E-state index in [9.17, 15) is 39.6 Å². The lowest BCUT2D eigenvalue weighted by atomic mass is 9.90. The minimum atomic E-state index is -3.32. The van der Waals surface area contributed by atoms with Crippen molar-refractivity contribution in [2.45, 2.75) is 75.9 Å². The Hall–Kier alpha value is -7.77. The number of aromatic nitrogens is 6. The molecule has 27 nitrogen and oxygen atoms in total. The van der Waals surface area contributed by atoms with Crippen LogP contribution in [0.15, 0.2) is 54.6 Å². The van der Waals surface area contributed by atoms with E-state index in [2.05, 4.69) is 31.2 Å². The number of benzene rings is 3. The third-order valence-corrected chi connectivity index (χ3v) is 20.0. The number of para-hydroxylation sites is 3. The van der Waals surface area contributed by atoms with E-state index in [1.165, 1.54) is 45.7 Å². The normalized spacial score (nSPS) is 19.4. The summed E-state index contributed by atoms with van der Waals surface area (Å²) >= 11 is 0. The zero-order valence-corrected chi connectivity index (χ0v) is 49.9. The Balaban J connectivity index is 0.000000140. The van der Waals surface area contributed by atoms with E-state index in [0.29, 0.717) is 130 Å². The lowest BCUT2D eigenvalue weighted by molar-refractivity contribution is 0.0851. The first kappa shape index (κ1) is 59.4. The summed E-state index contributed by atoms with van der Waals surface area (Å²) in [6, 6.07) is 16.8. The number of ether oxygens (including phenoxy) is 3. The van der Waals surface area contributed by atoms with Gasteiger partial charge in [0.05, 0.1) is 112 Å². The van der Waals surface area contributed by atoms with Crippen molar-refractivity contribution in [3.05, 3.63) is 105 Å². The van der Waals surface area contributed by atoms with Gasteiger partial charge >= 0.3 is 0 Å². The summed E-state index contributed by atoms with van der Waals surface area (Å²) in [5, 5.41) is 23.0. The van der Waals surface area contributed by atoms with Gasteiger partial charge in [-0.1, -0.05) is 36.4 Å². The molecule has 12 rings (SSSR count). The van der Waals surface area contributed by atoms with Crippen LogP contribution in [-0.2, 0) is 69.0 Å². The van der Waals surface area contributed by atoms with Crippen LogP contribution in [0.3, 0.4) is 0 Å². The van der Waals surface area contributed by atoms with Crippen molar-refractivity contribution in [3.8, 4) is 17.2 Å². The number of nitrogens with two attached hydrogens (primary N) is 3. The highest BCUT2D eigenvalue weighted by molar-refractivity contribution is 7.88. The van der Waals surface area contributed by atoms with E-state index in [1.807, 2.05) is 54.6 Å². The fraction of sp³-hybridized carbons (Fsp3) is 0.444. The molecular formula is C54H69N15O12S3. The molecule has 0 saturated carbocycles. The standard InChI is InChI=1S/3C18H23N5O4S/c3*1-27-15-5-3-4-11-12(6-8-20-16(11)15)18(24)23-17(19)13-7-9-22(28(2,25)26)10-14(13)21-23/h3*3-5,12,20H,6-10,19H2,1-2H3/t2*12-;/m10./s1. The van der Waals surface area contributed by atoms with Crippen LogP contribution in [0.2, 0.25) is 0 Å². The lowest BCUT2D eigenvalue weighted by Gasteiger charge is -2.27. The number of anilines is 6. The molecule has 0 saturated heterocycles. The molecular weight excluding hydrogens is 1150 g/mol. The minimum Gasteiger partial charge on any atom is -0.495 e. The van der Waals surface area contributed by atoms with E-state index in [4.69, 9.17) is 31.4 Å². The van der Waals surface area contributed by atoms with Crippen LogP contribution in [0, 0.1) is 0 Å². The third kappa shape index (κ3) is 11.4. The Labute approximate surface area is 486 Å². The molecule has 450 valence electrons. The van der Waals surface area contributed by atoms with E-state index >= 15 is 0 Å². The average Bonchev–Trinajstić information content (AvgIpc) is 3.99. The maximum absolute atomic E-state index is 13.3. The second-order valence-corrected chi connectivity index (χ2v) is 27.2. The molecule has 1 unspecified atom stereocenters. The highest BCUT2D eigenvalue weighted by atomic mass is 32.2. The number of carbonyl (C=O) groups is 3. The summed E-state index contributed by atoms with van der Waals surface area (Å²) in [5.41, 5.74) is 27.6. The molecule has 9 heterocycles. The first-order valence-electron chi connectivity index (χ1n) is 27.2. The molecule has 0 fully saturated rings. The zero-order valence-electron chi connectivity index (χ0n) is 47.4. The summed E-state index contributed by atoms with van der Waals surface area (Å²) in [6.45, 7) is 3.31. The van der Waals surface area contributed by atoms with E-state index < -0.39 is 47.8 Å². The Morgan fingerprint density at radius 3 is 0.964 bits per heavy atom. The van der Waals surface area contributed by atoms with Crippen LogP contribution in [0.1, 0.15) is 102 Å². The van der Waals surface area contributed by atoms with Crippen LogP contribution in [0.25, 0.3) is 0 Å². The molecule has 0 bridgehead atoms. The molecule has 30 heteroatoms. The van der Waals surface area contributed by atoms with E-state index in [0.717, 1.165) is 50.4 Å². The maximum Gasteiger partial charge on any atom is 0.256 e. The predicted molar refractivity (Wildman–Crippen MR) is 315 cm³/mol. The molecule has 0 amide bonds. The van der Waals surface area contributed by atoms with Gasteiger partial charge in [0, 0.05) is 56.0 Å². The molecule has 3 aromatic heterocycles. The number of hydrogen-bond acceptors (Lipinski definition) is 21. The largest absolute Gasteiger partial charge is 0.495 e. The molecule has 84 heavy (non-hydrogen) atoms. The fourth-order valence-electron chi connectivity index (χ4n) is 11.8. The van der Waals surface area contributed by atoms with E-state index in [-0.39, 0.29) is 37.4 Å². The first-order chi connectivity index (χ1) is 39.9. The molecule has 6 aromatic rings. The van der Waals surface area contributed by atoms with Gasteiger partial charge in [0.25, 0.3) is 17.7 Å². The maximum atomic E-state index is 13.3. The molecule has 3 aromatic carbocycles. The predicted octanol–water partition coefficient (Wildman–Crippen LogP) is 3.09. The Bertz CT molecular complexity index is 3540. The van der Waals surface area contributed by atoms with Crippen LogP contribution in [0.5, 0.6) is 17.2 Å². The van der Waals surface area contributed by atoms with Gasteiger partial charge in [-0.05, 0) is 73.4 Å². The van der Waals surface area contributed by atoms with Gasteiger partial charge in [-0.25, -0.2) is 25.3 Å². The summed E-state index contributed by atoms with van der Waals surface area (Å²) in [7, 11) is -5.19. The number of fused-ring (bicyclic) bond motifs is 6. The van der Waals surface area contributed by atoms with E-state index in [1.54, 1.807) is 21.3 Å². The van der Waals surface area contributed by atoms with Gasteiger partial charge in [0.1, 0.15) is 34.7 Å². The Morgan fingerprint density at radius 1 is 0.464 bits per heavy atom. The number of carbonyl (C=O) groups excluding carboxylic acids is 3. The van der Waals surface area contributed by atoms with Gasteiger partial charge in [0.2, 0.25) is 30.1 Å². The number of rotatable bonds is 9. The number of hydrogen-bond donors (Lipinski definition) is 6. The molecule has 6 aliphatic rings. The summed E-state index contributed by atoms with van der Waals surface area (Å²) in [4.78, 5) is 39.9. The van der Waals surface area contributed by atoms with Crippen LogP contribution in [-0.4, -0.2) is 165 Å². The summed E-state index contributed by atoms with van der Waals surface area (Å²) < 4.78 is 95.0. The SMILES string of the molecule is COc1cccc2c1NCCC2C(=O)n1nc2c(c1N)CCN(S(C)(=O)=O)C2.COc1cccc2c1NCC[C@@H]2C(=O)n1nc2c(c1N)CCN(S(C)(=O)=O)C2.COc1cccc2c1NCC[C@H]2C(=O)n1nc2c(c1N)CCN(S(C)(=O)=O)C2. The molecule has 6 aliphatic heterocycles. The second kappa shape index (κ2) is 23.4. The van der Waals surface area contributed by atoms with Gasteiger partial charge in [-0.2, -0.15) is 42.3 Å². The summed E-state index contributed by atoms with van der Waals surface area (Å²) in [6.07, 6.45) is 6.66. The van der Waals surface area contributed by atoms with Gasteiger partial charge in [-0.15, -0.1) is 0 Å². The number of nitrogens with zero attached hydrogens (tertiary/aromatic N) is 9. The number of nitrogen functional groups attached to an aromatic ring is 3. The molecule has 0 spiro atoms. The van der Waals surface area contributed by atoms with Crippen LogP contribution in [0.4, 0.5) is 34.5 Å². The molecule has 0 aliphatic carbocycles. The van der Waals surface area contributed by atoms with Crippen LogP contribution < -0.4 is 47.4 Å². The molecule has 3 atom stereocenters. The molecule has 9 N–H and O–H groups in total. The highest BCUT2D eigenvalue weighted by Gasteiger charge is 2.38. The number of methoxy groups -OCH3 is 3. The van der Waals surface area contributed by atoms with Crippen molar-refractivity contribution in [1.82, 2.24) is 42.3 Å². The topological polar surface area (TPSA) is 359 Å². The third-order valence-electron chi connectivity index (χ3n) is 16.2. The van der Waals surface area contributed by atoms with Crippen molar-refractivity contribution in [2.24, 2.45) is 0 Å². The first-order valence-corrected chi connectivity index (χ1v) is 32.8. The fourth-order valence-corrected chi connectivity index (χ4v) is 14.2. The van der Waals surface area contributed by atoms with Crippen molar-refractivity contribution < 1.29 is 53.8 Å². The van der Waals surface area contributed by atoms with Crippen molar-refractivity contribution in [3.63, 3.8) is 0 Å². The molecule has 0 radical (unpaired) electrons. The lowest BCUT2D eigenvalue weighted by Crippen LogP contribution is -2.35.